The van der Waals surface area contributed by atoms with Gasteiger partial charge in [-0.15, -0.1) is 0 Å². The Morgan fingerprint density at radius 1 is 1.19 bits per heavy atom. The predicted octanol–water partition coefficient (Wildman–Crippen LogP) is 2.56. The third kappa shape index (κ3) is 2.00. The molecule has 1 fully saturated rings. The number of benzene rings is 1. The monoisotopic (exact) mass is 219 g/mol. The second kappa shape index (κ2) is 4.56. The maximum Gasteiger partial charge on any atom is 0.0954 e. The molecule has 2 nitrogen and oxygen atoms in total. The van der Waals surface area contributed by atoms with Gasteiger partial charge in [0.05, 0.1) is 5.60 Å². The van der Waals surface area contributed by atoms with E-state index < -0.39 is 0 Å². The molecular formula is C14H21NO. The number of aryl methyl sites for hydroxylation is 1. The first-order valence-electron chi connectivity index (χ1n) is 5.98. The van der Waals surface area contributed by atoms with E-state index in [4.69, 9.17) is 4.74 Å². The molecule has 2 rings (SSSR count). The van der Waals surface area contributed by atoms with Gasteiger partial charge in [0.25, 0.3) is 0 Å². The van der Waals surface area contributed by atoms with Crippen molar-refractivity contribution in [3.63, 3.8) is 0 Å². The highest BCUT2D eigenvalue weighted by Gasteiger charge is 2.36. The molecule has 0 aromatic heterocycles. The van der Waals surface area contributed by atoms with Crippen LogP contribution in [0, 0.1) is 6.92 Å². The SMILES string of the molecule is COC1(c2ccccc2C)CCN(C)CC1. The van der Waals surface area contributed by atoms with E-state index in [1.165, 1.54) is 11.1 Å². The van der Waals surface area contributed by atoms with Gasteiger partial charge in [0.15, 0.2) is 0 Å². The van der Waals surface area contributed by atoms with E-state index in [2.05, 4.69) is 43.1 Å². The first-order chi connectivity index (χ1) is 7.68. The maximum atomic E-state index is 5.87. The predicted molar refractivity (Wildman–Crippen MR) is 66.6 cm³/mol. The fourth-order valence-electron chi connectivity index (χ4n) is 2.65. The molecule has 0 amide bonds. The van der Waals surface area contributed by atoms with Crippen molar-refractivity contribution in [1.82, 2.24) is 4.90 Å². The molecule has 0 spiro atoms. The largest absolute Gasteiger partial charge is 0.373 e. The zero-order valence-electron chi connectivity index (χ0n) is 10.5. The Hall–Kier alpha value is -0.860. The quantitative estimate of drug-likeness (QED) is 0.758. The second-order valence-corrected chi connectivity index (χ2v) is 4.82. The number of piperidine rings is 1. The van der Waals surface area contributed by atoms with Crippen LogP contribution < -0.4 is 0 Å². The van der Waals surface area contributed by atoms with Crippen LogP contribution in [-0.4, -0.2) is 32.1 Å². The van der Waals surface area contributed by atoms with E-state index >= 15 is 0 Å². The van der Waals surface area contributed by atoms with Crippen LogP contribution in [-0.2, 0) is 10.3 Å². The van der Waals surface area contributed by atoms with Gasteiger partial charge in [-0.2, -0.15) is 0 Å². The fraction of sp³-hybridized carbons (Fsp3) is 0.571. The average molecular weight is 219 g/mol. The highest BCUT2D eigenvalue weighted by molar-refractivity contribution is 5.32. The van der Waals surface area contributed by atoms with Gasteiger partial charge >= 0.3 is 0 Å². The molecule has 0 radical (unpaired) electrons. The molecule has 1 heterocycles. The number of likely N-dealkylation sites (tertiary alicyclic amines) is 1. The van der Waals surface area contributed by atoms with Crippen molar-refractivity contribution in [2.45, 2.75) is 25.4 Å². The van der Waals surface area contributed by atoms with Gasteiger partial charge < -0.3 is 9.64 Å². The van der Waals surface area contributed by atoms with Crippen molar-refractivity contribution in [2.75, 3.05) is 27.2 Å². The first-order valence-corrected chi connectivity index (χ1v) is 5.98. The van der Waals surface area contributed by atoms with Crippen LogP contribution in [0.25, 0.3) is 0 Å². The molecule has 1 saturated heterocycles. The average Bonchev–Trinajstić information content (AvgIpc) is 2.32. The Morgan fingerprint density at radius 3 is 2.38 bits per heavy atom. The van der Waals surface area contributed by atoms with Crippen LogP contribution >= 0.6 is 0 Å². The summed E-state index contributed by atoms with van der Waals surface area (Å²) in [6.45, 7) is 4.40. The molecule has 0 aliphatic carbocycles. The molecule has 1 aromatic rings. The normalized spacial score (nSPS) is 20.9. The summed E-state index contributed by atoms with van der Waals surface area (Å²) in [5.41, 5.74) is 2.65. The van der Waals surface area contributed by atoms with Crippen LogP contribution in [0.2, 0.25) is 0 Å². The van der Waals surface area contributed by atoms with Crippen molar-refractivity contribution in [1.29, 1.82) is 0 Å². The van der Waals surface area contributed by atoms with E-state index in [1.54, 1.807) is 0 Å². The number of rotatable bonds is 2. The number of ether oxygens (including phenoxy) is 1. The third-order valence-electron chi connectivity index (χ3n) is 3.82. The van der Waals surface area contributed by atoms with Crippen LogP contribution in [0.3, 0.4) is 0 Å². The lowest BCUT2D eigenvalue weighted by molar-refractivity contribution is -0.0589. The summed E-state index contributed by atoms with van der Waals surface area (Å²) in [4.78, 5) is 2.37. The van der Waals surface area contributed by atoms with E-state index in [0.29, 0.717) is 0 Å². The van der Waals surface area contributed by atoms with Crippen molar-refractivity contribution < 1.29 is 4.74 Å². The van der Waals surface area contributed by atoms with E-state index in [-0.39, 0.29) is 5.60 Å². The molecule has 1 aliphatic rings. The van der Waals surface area contributed by atoms with Crippen molar-refractivity contribution >= 4 is 0 Å². The summed E-state index contributed by atoms with van der Waals surface area (Å²) in [6.07, 6.45) is 2.18. The molecule has 1 aromatic carbocycles. The van der Waals surface area contributed by atoms with Gasteiger partial charge in [-0.05, 0) is 37.9 Å². The Labute approximate surface area is 98.2 Å². The van der Waals surface area contributed by atoms with Crippen LogP contribution in [0.1, 0.15) is 24.0 Å². The lowest BCUT2D eigenvalue weighted by Gasteiger charge is -2.40. The molecule has 88 valence electrons. The molecule has 0 atom stereocenters. The molecule has 16 heavy (non-hydrogen) atoms. The highest BCUT2D eigenvalue weighted by atomic mass is 16.5. The lowest BCUT2D eigenvalue weighted by atomic mass is 9.82. The molecule has 0 saturated carbocycles. The van der Waals surface area contributed by atoms with Crippen molar-refractivity contribution in [3.05, 3.63) is 35.4 Å². The standard InChI is InChI=1S/C14H21NO/c1-12-6-4-5-7-13(12)14(16-3)8-10-15(2)11-9-14/h4-7H,8-11H2,1-3H3. The third-order valence-corrected chi connectivity index (χ3v) is 3.82. The summed E-state index contributed by atoms with van der Waals surface area (Å²) in [5.74, 6) is 0. The fourth-order valence-corrected chi connectivity index (χ4v) is 2.65. The van der Waals surface area contributed by atoms with Crippen LogP contribution in [0.4, 0.5) is 0 Å². The minimum Gasteiger partial charge on any atom is -0.373 e. The van der Waals surface area contributed by atoms with Gasteiger partial charge in [0.1, 0.15) is 0 Å². The Morgan fingerprint density at radius 2 is 1.81 bits per heavy atom. The number of hydrogen-bond acceptors (Lipinski definition) is 2. The topological polar surface area (TPSA) is 12.5 Å². The molecular weight excluding hydrogens is 198 g/mol. The Balaban J connectivity index is 2.32. The van der Waals surface area contributed by atoms with E-state index in [1.807, 2.05) is 7.11 Å². The second-order valence-electron chi connectivity index (χ2n) is 4.82. The first kappa shape index (κ1) is 11.6. The summed E-state index contributed by atoms with van der Waals surface area (Å²) in [6, 6.07) is 8.59. The summed E-state index contributed by atoms with van der Waals surface area (Å²) in [5, 5.41) is 0. The summed E-state index contributed by atoms with van der Waals surface area (Å²) < 4.78 is 5.87. The number of nitrogens with zero attached hydrogens (tertiary/aromatic N) is 1. The Bertz CT molecular complexity index is 354. The Kier molecular flexibility index (Phi) is 3.31. The van der Waals surface area contributed by atoms with Crippen LogP contribution in [0.15, 0.2) is 24.3 Å². The van der Waals surface area contributed by atoms with E-state index in [9.17, 15) is 0 Å². The van der Waals surface area contributed by atoms with Crippen LogP contribution in [0.5, 0.6) is 0 Å². The minimum atomic E-state index is -0.0577. The number of hydrogen-bond donors (Lipinski definition) is 0. The van der Waals surface area contributed by atoms with Gasteiger partial charge in [0, 0.05) is 20.2 Å². The van der Waals surface area contributed by atoms with Gasteiger partial charge in [-0.25, -0.2) is 0 Å². The van der Waals surface area contributed by atoms with Gasteiger partial charge in [-0.1, -0.05) is 24.3 Å². The molecule has 0 unspecified atom stereocenters. The molecule has 2 heteroatoms. The molecule has 0 N–H and O–H groups in total. The highest BCUT2D eigenvalue weighted by Crippen LogP contribution is 2.37. The van der Waals surface area contributed by atoms with Gasteiger partial charge in [-0.3, -0.25) is 0 Å². The zero-order chi connectivity index (χ0) is 11.6. The van der Waals surface area contributed by atoms with Crippen molar-refractivity contribution in [3.8, 4) is 0 Å². The number of methoxy groups -OCH3 is 1. The lowest BCUT2D eigenvalue weighted by Crippen LogP contribution is -2.42. The molecule has 1 aliphatic heterocycles. The van der Waals surface area contributed by atoms with E-state index in [0.717, 1.165) is 25.9 Å². The molecule has 0 bridgehead atoms. The van der Waals surface area contributed by atoms with Crippen molar-refractivity contribution in [2.24, 2.45) is 0 Å². The zero-order valence-corrected chi connectivity index (χ0v) is 10.5. The van der Waals surface area contributed by atoms with Gasteiger partial charge in [0.2, 0.25) is 0 Å². The summed E-state index contributed by atoms with van der Waals surface area (Å²) >= 11 is 0. The smallest absolute Gasteiger partial charge is 0.0954 e. The maximum absolute atomic E-state index is 5.87. The summed E-state index contributed by atoms with van der Waals surface area (Å²) in [7, 11) is 4.02. The minimum absolute atomic E-state index is 0.0577.